The largest absolute Gasteiger partial charge is 0.309 e. The quantitative estimate of drug-likeness (QED) is 0.171. The maximum Gasteiger partial charge on any atom is 0.0641 e. The van der Waals surface area contributed by atoms with Crippen LogP contribution in [0.2, 0.25) is 0 Å². The van der Waals surface area contributed by atoms with Crippen molar-refractivity contribution in [2.45, 2.75) is 0 Å². The molecule has 0 aliphatic heterocycles. The summed E-state index contributed by atoms with van der Waals surface area (Å²) >= 11 is 0. The Labute approximate surface area is 333 Å². The second-order valence-electron chi connectivity index (χ2n) is 15.3. The molecule has 0 fully saturated rings. The number of hydrogen-bond donors (Lipinski definition) is 0. The maximum atomic E-state index is 2.46. The van der Waals surface area contributed by atoms with Crippen molar-refractivity contribution in [1.82, 2.24) is 18.3 Å². The van der Waals surface area contributed by atoms with E-state index in [1.807, 2.05) is 0 Å². The zero-order valence-corrected chi connectivity index (χ0v) is 31.4. The molecule has 0 aliphatic rings. The molecule has 0 radical (unpaired) electrons. The van der Waals surface area contributed by atoms with Crippen LogP contribution in [0.3, 0.4) is 0 Å². The molecule has 0 aliphatic carbocycles. The summed E-state index contributed by atoms with van der Waals surface area (Å²) in [7, 11) is 0. The Bertz CT molecular complexity index is 3780. The molecule has 0 saturated heterocycles. The van der Waals surface area contributed by atoms with Gasteiger partial charge in [-0.25, -0.2) is 0 Å². The number of hydrogen-bond acceptors (Lipinski definition) is 0. The fourth-order valence-corrected chi connectivity index (χ4v) is 9.97. The second kappa shape index (κ2) is 11.8. The fourth-order valence-electron chi connectivity index (χ4n) is 9.97. The van der Waals surface area contributed by atoms with Crippen LogP contribution in [-0.4, -0.2) is 18.3 Å². The molecule has 0 bridgehead atoms. The highest BCUT2D eigenvalue weighted by Gasteiger charge is 2.22. The summed E-state index contributed by atoms with van der Waals surface area (Å²) in [5.74, 6) is 0. The number of fused-ring (bicyclic) bond motifs is 13. The Morgan fingerprint density at radius 1 is 0.207 bits per heavy atom. The molecule has 4 heterocycles. The van der Waals surface area contributed by atoms with Gasteiger partial charge in [0.25, 0.3) is 0 Å². The molecule has 4 nitrogen and oxygen atoms in total. The standard InChI is InChI=1S/C54H34N4/c1-3-16-35(17-4-1)55-46-26-11-8-23-40(46)44-34-52-45(33-51(44)55)41-24-9-12-27-47(41)57(52)38-21-15-20-37(32-38)56-49-29-14-10-25-43(49)53-50(56)31-30-42-39-22-7-13-28-48(39)58(54(42)53)36-18-5-2-6-19-36/h1-34H. The molecule has 0 atom stereocenters. The van der Waals surface area contributed by atoms with Gasteiger partial charge in [-0.15, -0.1) is 0 Å². The lowest BCUT2D eigenvalue weighted by Crippen LogP contribution is -1.99. The molecule has 9 aromatic carbocycles. The van der Waals surface area contributed by atoms with Gasteiger partial charge in [0.15, 0.2) is 0 Å². The van der Waals surface area contributed by atoms with Crippen LogP contribution in [-0.2, 0) is 0 Å². The summed E-state index contributed by atoms with van der Waals surface area (Å²) in [4.78, 5) is 0. The molecule has 270 valence electrons. The summed E-state index contributed by atoms with van der Waals surface area (Å²) in [5.41, 5.74) is 14.2. The van der Waals surface area contributed by atoms with Gasteiger partial charge >= 0.3 is 0 Å². The predicted molar refractivity (Wildman–Crippen MR) is 244 cm³/mol. The highest BCUT2D eigenvalue weighted by molar-refractivity contribution is 6.26. The number of benzene rings is 9. The molecular formula is C54H34N4. The lowest BCUT2D eigenvalue weighted by Gasteiger charge is -2.13. The van der Waals surface area contributed by atoms with E-state index in [9.17, 15) is 0 Å². The Morgan fingerprint density at radius 2 is 0.603 bits per heavy atom. The summed E-state index contributed by atoms with van der Waals surface area (Å²) in [6, 6.07) is 75.4. The first-order chi connectivity index (χ1) is 28.8. The average molecular weight is 739 g/mol. The Kier molecular flexibility index (Phi) is 6.41. The number of para-hydroxylation sites is 6. The van der Waals surface area contributed by atoms with Crippen molar-refractivity contribution in [3.05, 3.63) is 206 Å². The second-order valence-corrected chi connectivity index (χ2v) is 15.3. The van der Waals surface area contributed by atoms with Crippen LogP contribution in [0.4, 0.5) is 0 Å². The van der Waals surface area contributed by atoms with Crippen LogP contribution < -0.4 is 0 Å². The molecule has 4 heteroatoms. The van der Waals surface area contributed by atoms with E-state index in [0.717, 1.165) is 22.7 Å². The summed E-state index contributed by atoms with van der Waals surface area (Å²) < 4.78 is 9.78. The van der Waals surface area contributed by atoms with Crippen LogP contribution in [0.15, 0.2) is 206 Å². The van der Waals surface area contributed by atoms with E-state index < -0.39 is 0 Å². The monoisotopic (exact) mass is 738 g/mol. The van der Waals surface area contributed by atoms with Crippen molar-refractivity contribution in [2.75, 3.05) is 0 Å². The molecule has 58 heavy (non-hydrogen) atoms. The van der Waals surface area contributed by atoms with Gasteiger partial charge in [-0.3, -0.25) is 0 Å². The van der Waals surface area contributed by atoms with E-state index in [1.165, 1.54) is 87.2 Å². The van der Waals surface area contributed by atoms with E-state index in [-0.39, 0.29) is 0 Å². The highest BCUT2D eigenvalue weighted by Crippen LogP contribution is 2.43. The first-order valence-electron chi connectivity index (χ1n) is 20.0. The van der Waals surface area contributed by atoms with Gasteiger partial charge in [0.05, 0.1) is 44.1 Å². The normalized spacial score (nSPS) is 12.1. The molecule has 13 aromatic rings. The molecular weight excluding hydrogens is 705 g/mol. The van der Waals surface area contributed by atoms with Gasteiger partial charge in [0.1, 0.15) is 0 Å². The van der Waals surface area contributed by atoms with E-state index >= 15 is 0 Å². The van der Waals surface area contributed by atoms with Crippen LogP contribution >= 0.6 is 0 Å². The predicted octanol–water partition coefficient (Wildman–Crippen LogP) is 14.1. The third kappa shape index (κ3) is 4.23. The Hall–Kier alpha value is -7.82. The number of rotatable bonds is 4. The summed E-state index contributed by atoms with van der Waals surface area (Å²) in [5, 5.41) is 9.98. The first kappa shape index (κ1) is 31.4. The van der Waals surface area contributed by atoms with Gasteiger partial charge in [-0.2, -0.15) is 0 Å². The van der Waals surface area contributed by atoms with E-state index in [4.69, 9.17) is 0 Å². The SMILES string of the molecule is c1ccc(-n2c3ccccc3c3cc4c(cc32)c2ccccc2n4-c2cccc(-n3c4ccccc4c4c3ccc3c5ccccc5n(-c5ccccc5)c34)c2)cc1. The summed E-state index contributed by atoms with van der Waals surface area (Å²) in [6.45, 7) is 0. The van der Waals surface area contributed by atoms with Crippen LogP contribution in [0.5, 0.6) is 0 Å². The van der Waals surface area contributed by atoms with E-state index in [1.54, 1.807) is 0 Å². The Morgan fingerprint density at radius 3 is 1.17 bits per heavy atom. The van der Waals surface area contributed by atoms with Crippen LogP contribution in [0, 0.1) is 0 Å². The highest BCUT2D eigenvalue weighted by atomic mass is 15.0. The van der Waals surface area contributed by atoms with Gasteiger partial charge < -0.3 is 18.3 Å². The third-order valence-electron chi connectivity index (χ3n) is 12.3. The van der Waals surface area contributed by atoms with E-state index in [2.05, 4.69) is 225 Å². The van der Waals surface area contributed by atoms with Crippen molar-refractivity contribution in [1.29, 1.82) is 0 Å². The van der Waals surface area contributed by atoms with Crippen LogP contribution in [0.1, 0.15) is 0 Å². The molecule has 0 unspecified atom stereocenters. The third-order valence-corrected chi connectivity index (χ3v) is 12.3. The number of aromatic nitrogens is 4. The smallest absolute Gasteiger partial charge is 0.0641 e. The van der Waals surface area contributed by atoms with Gasteiger partial charge in [-0.1, -0.05) is 121 Å². The summed E-state index contributed by atoms with van der Waals surface area (Å²) in [6.07, 6.45) is 0. The lowest BCUT2D eigenvalue weighted by atomic mass is 10.1. The van der Waals surface area contributed by atoms with Gasteiger partial charge in [0, 0.05) is 65.8 Å². The minimum absolute atomic E-state index is 1.12. The minimum Gasteiger partial charge on any atom is -0.309 e. The van der Waals surface area contributed by atoms with Gasteiger partial charge in [0.2, 0.25) is 0 Å². The number of nitrogens with zero attached hydrogens (tertiary/aromatic N) is 4. The van der Waals surface area contributed by atoms with Crippen molar-refractivity contribution in [3.63, 3.8) is 0 Å². The molecule has 0 amide bonds. The first-order valence-corrected chi connectivity index (χ1v) is 20.0. The zero-order valence-electron chi connectivity index (χ0n) is 31.4. The topological polar surface area (TPSA) is 19.7 Å². The molecule has 4 aromatic heterocycles. The zero-order chi connectivity index (χ0) is 37.9. The molecule has 0 spiro atoms. The molecule has 0 saturated carbocycles. The lowest BCUT2D eigenvalue weighted by molar-refractivity contribution is 1.13. The van der Waals surface area contributed by atoms with Gasteiger partial charge in [-0.05, 0) is 84.9 Å². The molecule has 0 N–H and O–H groups in total. The van der Waals surface area contributed by atoms with Crippen LogP contribution in [0.25, 0.3) is 110 Å². The Balaban J connectivity index is 1.10. The van der Waals surface area contributed by atoms with Crippen molar-refractivity contribution in [2.24, 2.45) is 0 Å². The van der Waals surface area contributed by atoms with Crippen molar-refractivity contribution >= 4 is 87.2 Å². The average Bonchev–Trinajstić information content (AvgIpc) is 4.01. The fraction of sp³-hybridized carbons (Fsp3) is 0. The maximum absolute atomic E-state index is 2.46. The van der Waals surface area contributed by atoms with Crippen molar-refractivity contribution in [3.8, 4) is 22.7 Å². The minimum atomic E-state index is 1.12. The van der Waals surface area contributed by atoms with E-state index in [0.29, 0.717) is 0 Å². The molecule has 13 rings (SSSR count). The van der Waals surface area contributed by atoms with Crippen molar-refractivity contribution < 1.29 is 0 Å².